The number of Topliss-reactive ketones (excluding diaryl/α,β-unsaturated/α-hetero) is 1. The number of rotatable bonds is 2. The van der Waals surface area contributed by atoms with E-state index in [0.717, 1.165) is 21.5 Å². The summed E-state index contributed by atoms with van der Waals surface area (Å²) in [6, 6.07) is 13.8. The Balaban J connectivity index is 2.19. The number of nitrogens with two attached hydrogens (primary N) is 1. The molecule has 19 heavy (non-hydrogen) atoms. The molecule has 0 aliphatic rings. The normalized spacial score (nSPS) is 10.8. The van der Waals surface area contributed by atoms with Crippen LogP contribution >= 0.6 is 11.3 Å². The minimum absolute atomic E-state index is 0.0123. The highest BCUT2D eigenvalue weighted by atomic mass is 32.1. The van der Waals surface area contributed by atoms with Gasteiger partial charge in [-0.3, -0.25) is 4.79 Å². The number of hydrogen-bond donors (Lipinski definition) is 1. The van der Waals surface area contributed by atoms with E-state index >= 15 is 0 Å². The van der Waals surface area contributed by atoms with Crippen molar-refractivity contribution in [3.8, 4) is 11.3 Å². The summed E-state index contributed by atoms with van der Waals surface area (Å²) in [6.07, 6.45) is 0. The SMILES string of the molecule is CC(=O)c1sc2nc(-c3ccccc3)ccc2c1N. The van der Waals surface area contributed by atoms with Gasteiger partial charge in [0.15, 0.2) is 5.78 Å². The third-order valence-corrected chi connectivity index (χ3v) is 4.20. The van der Waals surface area contributed by atoms with Gasteiger partial charge in [-0.2, -0.15) is 0 Å². The van der Waals surface area contributed by atoms with Crippen LogP contribution in [0.2, 0.25) is 0 Å². The van der Waals surface area contributed by atoms with Crippen molar-refractivity contribution in [2.75, 3.05) is 5.73 Å². The van der Waals surface area contributed by atoms with Crippen molar-refractivity contribution in [1.29, 1.82) is 0 Å². The van der Waals surface area contributed by atoms with Crippen LogP contribution in [0, 0.1) is 0 Å². The van der Waals surface area contributed by atoms with Crippen LogP contribution in [0.25, 0.3) is 21.5 Å². The number of nitrogen functional groups attached to an aromatic ring is 1. The van der Waals surface area contributed by atoms with Gasteiger partial charge in [0.05, 0.1) is 16.3 Å². The molecule has 94 valence electrons. The highest BCUT2D eigenvalue weighted by Gasteiger charge is 2.14. The Morgan fingerprint density at radius 2 is 1.89 bits per heavy atom. The average molecular weight is 268 g/mol. The van der Waals surface area contributed by atoms with Gasteiger partial charge < -0.3 is 5.73 Å². The van der Waals surface area contributed by atoms with Gasteiger partial charge in [-0.1, -0.05) is 30.3 Å². The molecular formula is C15H12N2OS. The first-order chi connectivity index (χ1) is 9.16. The molecule has 0 aliphatic carbocycles. The predicted molar refractivity (Wildman–Crippen MR) is 79.5 cm³/mol. The third kappa shape index (κ3) is 2.00. The smallest absolute Gasteiger partial charge is 0.171 e. The van der Waals surface area contributed by atoms with Gasteiger partial charge in [0.2, 0.25) is 0 Å². The number of carbonyl (C=O) groups excluding carboxylic acids is 1. The highest BCUT2D eigenvalue weighted by Crippen LogP contribution is 2.34. The predicted octanol–water partition coefficient (Wildman–Crippen LogP) is 3.75. The summed E-state index contributed by atoms with van der Waals surface area (Å²) in [5.74, 6) is -0.0123. The fraction of sp³-hybridized carbons (Fsp3) is 0.0667. The molecule has 2 aromatic heterocycles. The van der Waals surface area contributed by atoms with Crippen LogP contribution in [-0.4, -0.2) is 10.8 Å². The van der Waals surface area contributed by atoms with E-state index in [2.05, 4.69) is 4.98 Å². The molecule has 0 radical (unpaired) electrons. The van der Waals surface area contributed by atoms with Crippen molar-refractivity contribution < 1.29 is 4.79 Å². The maximum atomic E-state index is 11.5. The summed E-state index contributed by atoms with van der Waals surface area (Å²) < 4.78 is 0. The second-order valence-electron chi connectivity index (χ2n) is 4.32. The van der Waals surface area contributed by atoms with E-state index < -0.39 is 0 Å². The quantitative estimate of drug-likeness (QED) is 0.720. The molecular weight excluding hydrogens is 256 g/mol. The molecule has 0 atom stereocenters. The Hall–Kier alpha value is -2.20. The van der Waals surface area contributed by atoms with Crippen LogP contribution in [0.3, 0.4) is 0 Å². The van der Waals surface area contributed by atoms with E-state index in [1.165, 1.54) is 18.3 Å². The lowest BCUT2D eigenvalue weighted by Gasteiger charge is -2.00. The summed E-state index contributed by atoms with van der Waals surface area (Å²) >= 11 is 1.36. The van der Waals surface area contributed by atoms with E-state index in [9.17, 15) is 4.79 Å². The fourth-order valence-electron chi connectivity index (χ4n) is 2.03. The van der Waals surface area contributed by atoms with Crippen molar-refractivity contribution in [2.24, 2.45) is 0 Å². The lowest BCUT2D eigenvalue weighted by atomic mass is 10.1. The van der Waals surface area contributed by atoms with Crippen molar-refractivity contribution in [1.82, 2.24) is 4.98 Å². The van der Waals surface area contributed by atoms with E-state index in [1.807, 2.05) is 42.5 Å². The number of carbonyl (C=O) groups is 1. The molecule has 0 saturated carbocycles. The third-order valence-electron chi connectivity index (χ3n) is 2.98. The number of benzene rings is 1. The van der Waals surface area contributed by atoms with Crippen molar-refractivity contribution in [3.05, 3.63) is 47.3 Å². The Morgan fingerprint density at radius 3 is 2.58 bits per heavy atom. The molecule has 0 unspecified atom stereocenters. The number of pyridine rings is 1. The van der Waals surface area contributed by atoms with Gasteiger partial charge in [0.1, 0.15) is 4.83 Å². The summed E-state index contributed by atoms with van der Waals surface area (Å²) in [6.45, 7) is 1.53. The maximum absolute atomic E-state index is 11.5. The average Bonchev–Trinajstić information content (AvgIpc) is 2.77. The molecule has 2 heterocycles. The number of thiophene rings is 1. The summed E-state index contributed by atoms with van der Waals surface area (Å²) in [5.41, 5.74) is 8.47. The largest absolute Gasteiger partial charge is 0.397 e. The van der Waals surface area contributed by atoms with Crippen LogP contribution in [0.4, 0.5) is 5.69 Å². The number of ketones is 1. The zero-order chi connectivity index (χ0) is 13.4. The molecule has 4 heteroatoms. The minimum Gasteiger partial charge on any atom is -0.397 e. The molecule has 0 aliphatic heterocycles. The standard InChI is InChI=1S/C15H12N2OS/c1-9(18)14-13(16)11-7-8-12(17-15(11)19-14)10-5-3-2-4-6-10/h2-8H,16H2,1H3. The molecule has 3 aromatic rings. The lowest BCUT2D eigenvalue weighted by Crippen LogP contribution is -1.93. The van der Waals surface area contributed by atoms with Crippen molar-refractivity contribution in [2.45, 2.75) is 6.92 Å². The van der Waals surface area contributed by atoms with E-state index in [0.29, 0.717) is 10.6 Å². The number of fused-ring (bicyclic) bond motifs is 1. The number of aromatic nitrogens is 1. The monoisotopic (exact) mass is 268 g/mol. The van der Waals surface area contributed by atoms with Crippen LogP contribution in [0.15, 0.2) is 42.5 Å². The van der Waals surface area contributed by atoms with Gasteiger partial charge in [0, 0.05) is 17.9 Å². The van der Waals surface area contributed by atoms with E-state index in [1.54, 1.807) is 0 Å². The zero-order valence-corrected chi connectivity index (χ0v) is 11.2. The minimum atomic E-state index is -0.0123. The first-order valence-electron chi connectivity index (χ1n) is 5.92. The molecule has 0 spiro atoms. The van der Waals surface area contributed by atoms with Crippen LogP contribution in [-0.2, 0) is 0 Å². The fourth-order valence-corrected chi connectivity index (χ4v) is 3.02. The number of hydrogen-bond acceptors (Lipinski definition) is 4. The number of nitrogens with zero attached hydrogens (tertiary/aromatic N) is 1. The molecule has 0 saturated heterocycles. The second kappa shape index (κ2) is 4.48. The Kier molecular flexibility index (Phi) is 2.80. The lowest BCUT2D eigenvalue weighted by molar-refractivity contribution is 0.102. The first kappa shape index (κ1) is 11.9. The van der Waals surface area contributed by atoms with Gasteiger partial charge in [-0.25, -0.2) is 4.98 Å². The Bertz CT molecular complexity index is 762. The Labute approximate surface area is 114 Å². The second-order valence-corrected chi connectivity index (χ2v) is 5.32. The molecule has 3 nitrogen and oxygen atoms in total. The van der Waals surface area contributed by atoms with Crippen molar-refractivity contribution in [3.63, 3.8) is 0 Å². The van der Waals surface area contributed by atoms with Crippen LogP contribution in [0.1, 0.15) is 16.6 Å². The molecule has 2 N–H and O–H groups in total. The zero-order valence-electron chi connectivity index (χ0n) is 10.4. The van der Waals surface area contributed by atoms with Gasteiger partial charge >= 0.3 is 0 Å². The molecule has 0 amide bonds. The van der Waals surface area contributed by atoms with E-state index in [4.69, 9.17) is 5.73 Å². The summed E-state index contributed by atoms with van der Waals surface area (Å²) in [7, 11) is 0. The Morgan fingerprint density at radius 1 is 1.16 bits per heavy atom. The number of anilines is 1. The first-order valence-corrected chi connectivity index (χ1v) is 6.74. The molecule has 1 aromatic carbocycles. The van der Waals surface area contributed by atoms with Gasteiger partial charge in [0.25, 0.3) is 0 Å². The van der Waals surface area contributed by atoms with Crippen LogP contribution in [0.5, 0.6) is 0 Å². The van der Waals surface area contributed by atoms with Gasteiger partial charge in [-0.15, -0.1) is 11.3 Å². The van der Waals surface area contributed by atoms with Crippen LogP contribution < -0.4 is 5.73 Å². The molecule has 0 bridgehead atoms. The molecule has 0 fully saturated rings. The topological polar surface area (TPSA) is 56.0 Å². The summed E-state index contributed by atoms with van der Waals surface area (Å²) in [4.78, 5) is 17.5. The van der Waals surface area contributed by atoms with Crippen molar-refractivity contribution >= 4 is 33.0 Å². The van der Waals surface area contributed by atoms with E-state index in [-0.39, 0.29) is 5.78 Å². The molecule has 3 rings (SSSR count). The summed E-state index contributed by atoms with van der Waals surface area (Å²) in [5, 5.41) is 0.856. The maximum Gasteiger partial charge on any atom is 0.171 e. The highest BCUT2D eigenvalue weighted by molar-refractivity contribution is 7.21. The van der Waals surface area contributed by atoms with Gasteiger partial charge in [-0.05, 0) is 12.1 Å².